The van der Waals surface area contributed by atoms with Crippen LogP contribution in [0.2, 0.25) is 5.02 Å². The number of halogens is 1. The Bertz CT molecular complexity index is 1040. The van der Waals surface area contributed by atoms with Gasteiger partial charge in [0.1, 0.15) is 11.3 Å². The van der Waals surface area contributed by atoms with E-state index in [1.54, 1.807) is 15.2 Å². The molecule has 0 atom stereocenters. The highest BCUT2D eigenvalue weighted by Gasteiger charge is 2.27. The van der Waals surface area contributed by atoms with E-state index in [1.165, 1.54) is 0 Å². The Morgan fingerprint density at radius 1 is 1.28 bits per heavy atom. The summed E-state index contributed by atoms with van der Waals surface area (Å²) in [7, 11) is 0. The van der Waals surface area contributed by atoms with Gasteiger partial charge in [-0.25, -0.2) is 9.59 Å². The maximum absolute atomic E-state index is 12.7. The van der Waals surface area contributed by atoms with Crippen molar-refractivity contribution in [1.29, 1.82) is 0 Å². The van der Waals surface area contributed by atoms with E-state index in [-0.39, 0.29) is 11.7 Å². The molecule has 174 valence electrons. The van der Waals surface area contributed by atoms with Crippen molar-refractivity contribution in [2.24, 2.45) is 5.92 Å². The smallest absolute Gasteiger partial charge is 0.341 e. The van der Waals surface area contributed by atoms with E-state index in [0.717, 1.165) is 38.0 Å². The fraction of sp³-hybridized carbons (Fsp3) is 0.565. The molecule has 1 aromatic carbocycles. The number of fused-ring (bicyclic) bond motifs is 1. The van der Waals surface area contributed by atoms with Crippen LogP contribution in [0.1, 0.15) is 48.7 Å². The SMILES string of the molecule is CC(C)n1ccn(CCN2CCC(COC(=O)c3cc(Cl)c(N)c4c3OCC4)CC2)c1=O. The van der Waals surface area contributed by atoms with Gasteiger partial charge in [-0.05, 0) is 51.8 Å². The highest BCUT2D eigenvalue weighted by molar-refractivity contribution is 6.33. The lowest BCUT2D eigenvalue weighted by atomic mass is 9.98. The summed E-state index contributed by atoms with van der Waals surface area (Å²) in [5.74, 6) is 0.410. The second kappa shape index (κ2) is 9.58. The lowest BCUT2D eigenvalue weighted by Crippen LogP contribution is -2.38. The number of nitrogens with two attached hydrogens (primary N) is 1. The number of likely N-dealkylation sites (tertiary alicyclic amines) is 1. The van der Waals surface area contributed by atoms with Crippen LogP contribution >= 0.6 is 11.6 Å². The molecular weight excluding hydrogens is 432 g/mol. The highest BCUT2D eigenvalue weighted by Crippen LogP contribution is 2.39. The van der Waals surface area contributed by atoms with E-state index in [1.807, 2.05) is 26.2 Å². The summed E-state index contributed by atoms with van der Waals surface area (Å²) in [5.41, 5.74) is 7.67. The van der Waals surface area contributed by atoms with Crippen molar-refractivity contribution in [1.82, 2.24) is 14.0 Å². The number of hydrogen-bond donors (Lipinski definition) is 1. The van der Waals surface area contributed by atoms with Crippen molar-refractivity contribution in [3.05, 3.63) is 45.1 Å². The van der Waals surface area contributed by atoms with E-state index in [0.29, 0.717) is 54.1 Å². The van der Waals surface area contributed by atoms with E-state index in [4.69, 9.17) is 26.8 Å². The van der Waals surface area contributed by atoms with Crippen molar-refractivity contribution >= 4 is 23.3 Å². The number of carbonyl (C=O) groups is 1. The minimum Gasteiger partial charge on any atom is -0.492 e. The van der Waals surface area contributed by atoms with Gasteiger partial charge in [0.15, 0.2) is 0 Å². The summed E-state index contributed by atoms with van der Waals surface area (Å²) >= 11 is 6.19. The number of rotatable bonds is 7. The summed E-state index contributed by atoms with van der Waals surface area (Å²) < 4.78 is 14.7. The number of anilines is 1. The van der Waals surface area contributed by atoms with Crippen LogP contribution in [0.4, 0.5) is 5.69 Å². The standard InChI is InChI=1S/C23H31ClN4O4/c1-15(2)28-11-10-27(23(28)30)9-8-26-6-3-16(4-7-26)14-32-22(29)18-13-19(24)20(25)17-5-12-31-21(17)18/h10-11,13,15-16H,3-9,12,14,25H2,1-2H3. The Balaban J connectivity index is 1.25. The number of nitrogen functional groups attached to an aromatic ring is 1. The van der Waals surface area contributed by atoms with E-state index >= 15 is 0 Å². The Hall–Kier alpha value is -2.45. The van der Waals surface area contributed by atoms with Crippen LogP contribution < -0.4 is 16.2 Å². The number of piperidine rings is 1. The van der Waals surface area contributed by atoms with Gasteiger partial charge in [-0.2, -0.15) is 0 Å². The molecule has 2 aliphatic rings. The zero-order chi connectivity index (χ0) is 22.8. The van der Waals surface area contributed by atoms with Crippen molar-refractivity contribution in [2.75, 3.05) is 38.6 Å². The van der Waals surface area contributed by atoms with Gasteiger partial charge in [0.25, 0.3) is 0 Å². The number of hydrogen-bond acceptors (Lipinski definition) is 6. The molecule has 4 rings (SSSR count). The maximum Gasteiger partial charge on any atom is 0.341 e. The molecule has 9 heteroatoms. The molecule has 0 bridgehead atoms. The van der Waals surface area contributed by atoms with Gasteiger partial charge in [0.05, 0.1) is 23.9 Å². The van der Waals surface area contributed by atoms with Crippen molar-refractivity contribution in [3.8, 4) is 5.75 Å². The molecule has 2 N–H and O–H groups in total. The second-order valence-corrected chi connectivity index (χ2v) is 9.29. The van der Waals surface area contributed by atoms with E-state index in [2.05, 4.69) is 4.90 Å². The molecular formula is C23H31ClN4O4. The molecule has 32 heavy (non-hydrogen) atoms. The monoisotopic (exact) mass is 462 g/mol. The number of aromatic nitrogens is 2. The summed E-state index contributed by atoms with van der Waals surface area (Å²) in [4.78, 5) is 27.4. The van der Waals surface area contributed by atoms with Crippen LogP contribution in [-0.2, 0) is 17.7 Å². The fourth-order valence-electron chi connectivity index (χ4n) is 4.41. The maximum atomic E-state index is 12.7. The minimum absolute atomic E-state index is 0.0417. The van der Waals surface area contributed by atoms with Gasteiger partial charge in [0.2, 0.25) is 0 Å². The van der Waals surface area contributed by atoms with E-state index < -0.39 is 5.97 Å². The molecule has 2 aromatic rings. The van der Waals surface area contributed by atoms with Gasteiger partial charge in [-0.3, -0.25) is 9.13 Å². The summed E-state index contributed by atoms with van der Waals surface area (Å²) in [6, 6.07) is 1.71. The average Bonchev–Trinajstić information content (AvgIpc) is 3.41. The quantitative estimate of drug-likeness (QED) is 0.502. The van der Waals surface area contributed by atoms with Crippen molar-refractivity contribution in [2.45, 2.75) is 45.7 Å². The van der Waals surface area contributed by atoms with Crippen LogP contribution in [0.5, 0.6) is 5.75 Å². The topological polar surface area (TPSA) is 91.7 Å². The first-order chi connectivity index (χ1) is 15.3. The molecule has 0 aliphatic carbocycles. The van der Waals surface area contributed by atoms with Crippen molar-refractivity contribution < 1.29 is 14.3 Å². The second-order valence-electron chi connectivity index (χ2n) is 8.88. The minimum atomic E-state index is -0.415. The highest BCUT2D eigenvalue weighted by atomic mass is 35.5. The first kappa shape index (κ1) is 22.7. The zero-order valence-corrected chi connectivity index (χ0v) is 19.4. The summed E-state index contributed by atoms with van der Waals surface area (Å²) in [5, 5.41) is 0.359. The molecule has 2 aliphatic heterocycles. The molecule has 1 aromatic heterocycles. The zero-order valence-electron chi connectivity index (χ0n) is 18.7. The van der Waals surface area contributed by atoms with Crippen LogP contribution in [0.15, 0.2) is 23.3 Å². The molecule has 3 heterocycles. The predicted octanol–water partition coefficient (Wildman–Crippen LogP) is 2.97. The van der Waals surface area contributed by atoms with Gasteiger partial charge in [0, 0.05) is 43.5 Å². The molecule has 8 nitrogen and oxygen atoms in total. The number of imidazole rings is 1. The van der Waals surface area contributed by atoms with Gasteiger partial charge < -0.3 is 20.1 Å². The fourth-order valence-corrected chi connectivity index (χ4v) is 4.63. The third-order valence-corrected chi connectivity index (χ3v) is 6.75. The molecule has 0 spiro atoms. The number of carbonyl (C=O) groups excluding carboxylic acids is 1. The number of ether oxygens (including phenoxy) is 2. The molecule has 0 amide bonds. The van der Waals surface area contributed by atoms with Gasteiger partial charge in [-0.1, -0.05) is 11.6 Å². The first-order valence-corrected chi connectivity index (χ1v) is 11.6. The third kappa shape index (κ3) is 4.66. The predicted molar refractivity (Wildman–Crippen MR) is 124 cm³/mol. The number of nitrogens with zero attached hydrogens (tertiary/aromatic N) is 3. The average molecular weight is 463 g/mol. The van der Waals surface area contributed by atoms with Crippen LogP contribution in [0.3, 0.4) is 0 Å². The largest absolute Gasteiger partial charge is 0.492 e. The number of benzene rings is 1. The van der Waals surface area contributed by atoms with Crippen LogP contribution in [0, 0.1) is 5.92 Å². The van der Waals surface area contributed by atoms with Crippen molar-refractivity contribution in [3.63, 3.8) is 0 Å². The van der Waals surface area contributed by atoms with Crippen LogP contribution in [0.25, 0.3) is 0 Å². The molecule has 1 fully saturated rings. The summed E-state index contributed by atoms with van der Waals surface area (Å²) in [6.07, 6.45) is 6.26. The normalized spacial score (nSPS) is 16.9. The molecule has 0 radical (unpaired) electrons. The lowest BCUT2D eigenvalue weighted by molar-refractivity contribution is 0.0367. The third-order valence-electron chi connectivity index (χ3n) is 6.44. The summed E-state index contributed by atoms with van der Waals surface area (Å²) in [6.45, 7) is 8.25. The number of esters is 1. The van der Waals surface area contributed by atoms with Gasteiger partial charge >= 0.3 is 11.7 Å². The molecule has 1 saturated heterocycles. The van der Waals surface area contributed by atoms with Crippen LogP contribution in [-0.4, -0.2) is 52.9 Å². The van der Waals surface area contributed by atoms with Gasteiger partial charge in [-0.15, -0.1) is 0 Å². The molecule has 0 unspecified atom stereocenters. The Labute approximate surface area is 192 Å². The Morgan fingerprint density at radius 2 is 2.03 bits per heavy atom. The first-order valence-electron chi connectivity index (χ1n) is 11.3. The molecule has 0 saturated carbocycles. The Morgan fingerprint density at radius 3 is 2.72 bits per heavy atom. The Kier molecular flexibility index (Phi) is 6.81. The van der Waals surface area contributed by atoms with E-state index in [9.17, 15) is 9.59 Å². The lowest BCUT2D eigenvalue weighted by Gasteiger charge is -2.31.